The minimum Gasteiger partial charge on any atom is -0.368 e. The van der Waals surface area contributed by atoms with E-state index < -0.39 is 11.8 Å². The molecule has 0 fully saturated rings. The molecule has 1 aromatic carbocycles. The summed E-state index contributed by atoms with van der Waals surface area (Å²) >= 11 is 1.38. The van der Waals surface area contributed by atoms with Crippen molar-refractivity contribution in [1.82, 2.24) is 14.9 Å². The van der Waals surface area contributed by atoms with Crippen LogP contribution in [0.3, 0.4) is 0 Å². The summed E-state index contributed by atoms with van der Waals surface area (Å²) in [5.74, 6) is -1.12. The average Bonchev–Trinajstić information content (AvgIpc) is 3.01. The van der Waals surface area contributed by atoms with Crippen molar-refractivity contribution in [3.8, 4) is 11.1 Å². The third-order valence-electron chi connectivity index (χ3n) is 3.42. The normalized spacial score (nSPS) is 10.7. The first kappa shape index (κ1) is 15.9. The molecule has 3 aromatic rings. The molecule has 3 N–H and O–H groups in total. The lowest BCUT2D eigenvalue weighted by Crippen LogP contribution is -2.37. The zero-order chi connectivity index (χ0) is 17.1. The highest BCUT2D eigenvalue weighted by Gasteiger charge is 2.14. The molecule has 0 aliphatic rings. The van der Waals surface area contributed by atoms with E-state index in [2.05, 4.69) is 10.3 Å². The van der Waals surface area contributed by atoms with Crippen LogP contribution in [0.1, 0.15) is 0 Å². The van der Waals surface area contributed by atoms with Crippen LogP contribution in [-0.4, -0.2) is 27.9 Å². The maximum atomic E-state index is 12.7. The highest BCUT2D eigenvalue weighted by Crippen LogP contribution is 2.30. The molecule has 2 aromatic heterocycles. The van der Waals surface area contributed by atoms with Crippen molar-refractivity contribution in [3.05, 3.63) is 52.4 Å². The quantitative estimate of drug-likeness (QED) is 0.712. The summed E-state index contributed by atoms with van der Waals surface area (Å²) in [5.41, 5.74) is 6.39. The number of amides is 2. The summed E-state index contributed by atoms with van der Waals surface area (Å²) < 4.78 is 1.22. The standard InChI is InChI=1S/C16H14N4O3S/c17-12(21)6-18-13(22)7-20-9-19-15-14(16(20)23)11(8-24-15)10-4-2-1-3-5-10/h1-5,8-9H,6-7H2,(H2,17,21)(H,18,22). The van der Waals surface area contributed by atoms with Gasteiger partial charge in [-0.1, -0.05) is 30.3 Å². The highest BCUT2D eigenvalue weighted by molar-refractivity contribution is 7.17. The van der Waals surface area contributed by atoms with E-state index in [1.165, 1.54) is 22.2 Å². The molecule has 24 heavy (non-hydrogen) atoms. The van der Waals surface area contributed by atoms with Gasteiger partial charge in [0.05, 0.1) is 18.3 Å². The minimum atomic E-state index is -0.645. The van der Waals surface area contributed by atoms with Crippen LogP contribution in [0, 0.1) is 0 Å². The Bertz CT molecular complexity index is 962. The molecule has 0 atom stereocenters. The summed E-state index contributed by atoms with van der Waals surface area (Å²) in [6.45, 7) is -0.490. The average molecular weight is 342 g/mol. The second kappa shape index (κ2) is 6.63. The molecule has 0 aliphatic heterocycles. The Morgan fingerprint density at radius 3 is 2.71 bits per heavy atom. The van der Waals surface area contributed by atoms with Crippen molar-refractivity contribution >= 4 is 33.4 Å². The zero-order valence-corrected chi connectivity index (χ0v) is 13.4. The van der Waals surface area contributed by atoms with Crippen molar-refractivity contribution in [2.75, 3.05) is 6.54 Å². The van der Waals surface area contributed by atoms with Gasteiger partial charge in [-0.05, 0) is 5.56 Å². The van der Waals surface area contributed by atoms with E-state index in [1.807, 2.05) is 35.7 Å². The molecule has 0 saturated carbocycles. The molecule has 122 valence electrons. The van der Waals surface area contributed by atoms with Crippen LogP contribution < -0.4 is 16.6 Å². The molecule has 0 aliphatic carbocycles. The lowest BCUT2D eigenvalue weighted by atomic mass is 10.1. The van der Waals surface area contributed by atoms with Gasteiger partial charge in [0.25, 0.3) is 5.56 Å². The molecule has 8 heteroatoms. The number of hydrogen-bond acceptors (Lipinski definition) is 5. The van der Waals surface area contributed by atoms with E-state index in [9.17, 15) is 14.4 Å². The third kappa shape index (κ3) is 3.18. The monoisotopic (exact) mass is 342 g/mol. The van der Waals surface area contributed by atoms with Crippen LogP contribution in [-0.2, 0) is 16.1 Å². The van der Waals surface area contributed by atoms with E-state index in [4.69, 9.17) is 5.73 Å². The second-order valence-corrected chi connectivity index (χ2v) is 5.97. The molecule has 0 bridgehead atoms. The van der Waals surface area contributed by atoms with E-state index in [0.29, 0.717) is 10.2 Å². The molecule has 0 spiro atoms. The number of fused-ring (bicyclic) bond motifs is 1. The number of carbonyl (C=O) groups is 2. The maximum Gasteiger partial charge on any atom is 0.263 e. The lowest BCUT2D eigenvalue weighted by Gasteiger charge is -2.06. The van der Waals surface area contributed by atoms with Crippen molar-refractivity contribution in [3.63, 3.8) is 0 Å². The van der Waals surface area contributed by atoms with Gasteiger partial charge < -0.3 is 11.1 Å². The van der Waals surface area contributed by atoms with E-state index >= 15 is 0 Å². The lowest BCUT2D eigenvalue weighted by molar-refractivity contribution is -0.125. The molecular weight excluding hydrogens is 328 g/mol. The number of aromatic nitrogens is 2. The SMILES string of the molecule is NC(=O)CNC(=O)Cn1cnc2scc(-c3ccccc3)c2c1=O. The van der Waals surface area contributed by atoms with Crippen molar-refractivity contribution < 1.29 is 9.59 Å². The van der Waals surface area contributed by atoms with Crippen molar-refractivity contribution in [1.29, 1.82) is 0 Å². The van der Waals surface area contributed by atoms with Crippen LogP contribution in [0.5, 0.6) is 0 Å². The molecule has 2 heterocycles. The fraction of sp³-hybridized carbons (Fsp3) is 0.125. The Morgan fingerprint density at radius 1 is 1.25 bits per heavy atom. The predicted octanol–water partition coefficient (Wildman–Crippen LogP) is 0.726. The number of nitrogens with zero attached hydrogens (tertiary/aromatic N) is 2. The molecule has 2 amide bonds. The Hall–Kier alpha value is -3.00. The van der Waals surface area contributed by atoms with Gasteiger partial charge in [-0.3, -0.25) is 19.0 Å². The number of nitrogens with one attached hydrogen (secondary N) is 1. The molecule has 0 saturated heterocycles. The summed E-state index contributed by atoms with van der Waals surface area (Å²) in [7, 11) is 0. The smallest absolute Gasteiger partial charge is 0.263 e. The Balaban J connectivity index is 1.97. The first-order valence-corrected chi connectivity index (χ1v) is 8.01. The predicted molar refractivity (Wildman–Crippen MR) is 91.5 cm³/mol. The first-order chi connectivity index (χ1) is 11.6. The van der Waals surface area contributed by atoms with Gasteiger partial charge in [0.1, 0.15) is 11.4 Å². The van der Waals surface area contributed by atoms with Gasteiger partial charge in [-0.25, -0.2) is 4.98 Å². The fourth-order valence-corrected chi connectivity index (χ4v) is 3.21. The molecule has 0 radical (unpaired) electrons. The van der Waals surface area contributed by atoms with Crippen LogP contribution in [0.25, 0.3) is 21.3 Å². The molecule has 0 unspecified atom stereocenters. The number of thiophene rings is 1. The molecule has 3 rings (SSSR count). The number of nitrogens with two attached hydrogens (primary N) is 1. The van der Waals surface area contributed by atoms with Crippen molar-refractivity contribution in [2.45, 2.75) is 6.54 Å². The Labute approximate surface area is 140 Å². The van der Waals surface area contributed by atoms with E-state index in [-0.39, 0.29) is 18.6 Å². The van der Waals surface area contributed by atoms with Crippen LogP contribution >= 0.6 is 11.3 Å². The Morgan fingerprint density at radius 2 is 2.00 bits per heavy atom. The fourth-order valence-electron chi connectivity index (χ4n) is 2.31. The van der Waals surface area contributed by atoms with Gasteiger partial charge >= 0.3 is 0 Å². The number of hydrogen-bond donors (Lipinski definition) is 2. The van der Waals surface area contributed by atoms with Crippen LogP contribution in [0.4, 0.5) is 0 Å². The zero-order valence-electron chi connectivity index (χ0n) is 12.6. The third-order valence-corrected chi connectivity index (χ3v) is 4.31. The summed E-state index contributed by atoms with van der Waals surface area (Å²) in [5, 5.41) is 4.71. The summed E-state index contributed by atoms with van der Waals surface area (Å²) in [4.78, 5) is 40.1. The summed E-state index contributed by atoms with van der Waals surface area (Å²) in [6, 6.07) is 9.52. The van der Waals surface area contributed by atoms with Crippen LogP contribution in [0.2, 0.25) is 0 Å². The first-order valence-electron chi connectivity index (χ1n) is 7.13. The Kier molecular flexibility index (Phi) is 4.39. The second-order valence-electron chi connectivity index (χ2n) is 5.12. The topological polar surface area (TPSA) is 107 Å². The van der Waals surface area contributed by atoms with Gasteiger partial charge in [0.2, 0.25) is 11.8 Å². The number of benzene rings is 1. The van der Waals surface area contributed by atoms with Crippen LogP contribution in [0.15, 0.2) is 46.8 Å². The van der Waals surface area contributed by atoms with Gasteiger partial charge in [-0.15, -0.1) is 11.3 Å². The van der Waals surface area contributed by atoms with Gasteiger partial charge in [-0.2, -0.15) is 0 Å². The maximum absolute atomic E-state index is 12.7. The molecule has 7 nitrogen and oxygen atoms in total. The number of rotatable bonds is 5. The van der Waals surface area contributed by atoms with Gasteiger partial charge in [0.15, 0.2) is 0 Å². The molecular formula is C16H14N4O3S. The minimum absolute atomic E-state index is 0.223. The highest BCUT2D eigenvalue weighted by atomic mass is 32.1. The van der Waals surface area contributed by atoms with Gasteiger partial charge in [0, 0.05) is 10.9 Å². The number of primary amides is 1. The number of carbonyl (C=O) groups excluding carboxylic acids is 2. The largest absolute Gasteiger partial charge is 0.368 e. The van der Waals surface area contributed by atoms with E-state index in [1.54, 1.807) is 0 Å². The van der Waals surface area contributed by atoms with E-state index in [0.717, 1.165) is 11.1 Å². The van der Waals surface area contributed by atoms with Crippen molar-refractivity contribution in [2.24, 2.45) is 5.73 Å². The summed E-state index contributed by atoms with van der Waals surface area (Å²) in [6.07, 6.45) is 1.33.